The van der Waals surface area contributed by atoms with Gasteiger partial charge in [-0.05, 0) is 36.4 Å². The molecular formula is C22H15F2N3O2. The van der Waals surface area contributed by atoms with Gasteiger partial charge >= 0.3 is 5.97 Å². The summed E-state index contributed by atoms with van der Waals surface area (Å²) in [5.74, 6) is -1.30. The maximum Gasteiger partial charge on any atom is 0.355 e. The van der Waals surface area contributed by atoms with Crippen LogP contribution in [0.25, 0.3) is 44.1 Å². The molecule has 5 aromatic rings. The molecule has 0 spiro atoms. The SMILES string of the molecule is COC(=O)c1[nH]cc(-c2c[nH]c3ccc(F)cc23)c1-c1c[nH]c2ccc(F)cc12. The molecule has 5 rings (SSSR count). The molecule has 0 saturated carbocycles. The summed E-state index contributed by atoms with van der Waals surface area (Å²) in [6.07, 6.45) is 5.15. The Kier molecular flexibility index (Phi) is 3.77. The number of aromatic nitrogens is 3. The molecule has 0 saturated heterocycles. The van der Waals surface area contributed by atoms with Gasteiger partial charge in [0, 0.05) is 62.7 Å². The Morgan fingerprint density at radius 1 is 0.793 bits per heavy atom. The molecule has 3 N–H and O–H groups in total. The Balaban J connectivity index is 1.84. The van der Waals surface area contributed by atoms with Crippen LogP contribution in [0.4, 0.5) is 8.78 Å². The second kappa shape index (κ2) is 6.34. The number of carbonyl (C=O) groups is 1. The van der Waals surface area contributed by atoms with Gasteiger partial charge in [-0.1, -0.05) is 0 Å². The topological polar surface area (TPSA) is 73.7 Å². The van der Waals surface area contributed by atoms with E-state index in [1.165, 1.54) is 31.4 Å². The van der Waals surface area contributed by atoms with Crippen LogP contribution < -0.4 is 0 Å². The van der Waals surface area contributed by atoms with Crippen LogP contribution >= 0.6 is 0 Å². The van der Waals surface area contributed by atoms with Gasteiger partial charge < -0.3 is 19.7 Å². The number of rotatable bonds is 3. The van der Waals surface area contributed by atoms with Crippen LogP contribution in [0.5, 0.6) is 0 Å². The van der Waals surface area contributed by atoms with Gasteiger partial charge in [-0.2, -0.15) is 0 Å². The number of nitrogens with one attached hydrogen (secondary N) is 3. The summed E-state index contributed by atoms with van der Waals surface area (Å²) >= 11 is 0. The van der Waals surface area contributed by atoms with Crippen molar-refractivity contribution in [1.29, 1.82) is 0 Å². The molecule has 144 valence electrons. The van der Waals surface area contributed by atoms with Gasteiger partial charge in [-0.25, -0.2) is 13.6 Å². The Labute approximate surface area is 163 Å². The van der Waals surface area contributed by atoms with E-state index >= 15 is 0 Å². The molecule has 0 aliphatic rings. The lowest BCUT2D eigenvalue weighted by molar-refractivity contribution is 0.0596. The van der Waals surface area contributed by atoms with Crippen molar-refractivity contribution < 1.29 is 18.3 Å². The van der Waals surface area contributed by atoms with Gasteiger partial charge in [-0.15, -0.1) is 0 Å². The number of H-pyrrole nitrogens is 3. The minimum Gasteiger partial charge on any atom is -0.464 e. The van der Waals surface area contributed by atoms with Crippen LogP contribution in [0.15, 0.2) is 55.0 Å². The number of esters is 1. The van der Waals surface area contributed by atoms with Crippen LogP contribution in [-0.4, -0.2) is 28.0 Å². The molecule has 3 heterocycles. The number of hydrogen-bond acceptors (Lipinski definition) is 2. The van der Waals surface area contributed by atoms with Crippen molar-refractivity contribution in [3.05, 3.63) is 72.3 Å². The Hall–Kier alpha value is -3.87. The monoisotopic (exact) mass is 391 g/mol. The average molecular weight is 391 g/mol. The van der Waals surface area contributed by atoms with Crippen molar-refractivity contribution in [2.45, 2.75) is 0 Å². The van der Waals surface area contributed by atoms with Crippen LogP contribution in [0.1, 0.15) is 10.5 Å². The lowest BCUT2D eigenvalue weighted by Crippen LogP contribution is -2.03. The van der Waals surface area contributed by atoms with Gasteiger partial charge in [0.2, 0.25) is 0 Å². The lowest BCUT2D eigenvalue weighted by Gasteiger charge is -2.06. The van der Waals surface area contributed by atoms with Gasteiger partial charge in [0.25, 0.3) is 0 Å². The molecule has 0 atom stereocenters. The number of ether oxygens (including phenoxy) is 1. The molecule has 0 amide bonds. The second-order valence-corrected chi connectivity index (χ2v) is 6.73. The second-order valence-electron chi connectivity index (χ2n) is 6.73. The van der Waals surface area contributed by atoms with Crippen molar-refractivity contribution in [3.63, 3.8) is 0 Å². The minimum atomic E-state index is -0.553. The number of benzene rings is 2. The van der Waals surface area contributed by atoms with Crippen molar-refractivity contribution in [2.24, 2.45) is 0 Å². The highest BCUT2D eigenvalue weighted by Gasteiger charge is 2.24. The summed E-state index contributed by atoms with van der Waals surface area (Å²) in [5.41, 5.74) is 4.31. The molecule has 0 radical (unpaired) electrons. The van der Waals surface area contributed by atoms with Crippen molar-refractivity contribution in [1.82, 2.24) is 15.0 Å². The summed E-state index contributed by atoms with van der Waals surface area (Å²) in [7, 11) is 1.29. The number of halogens is 2. The molecule has 0 aliphatic carbocycles. The largest absolute Gasteiger partial charge is 0.464 e. The third-order valence-corrected chi connectivity index (χ3v) is 5.12. The van der Waals surface area contributed by atoms with E-state index in [0.29, 0.717) is 33.0 Å². The van der Waals surface area contributed by atoms with Gasteiger partial charge in [0.05, 0.1) is 7.11 Å². The highest BCUT2D eigenvalue weighted by atomic mass is 19.1. The molecular weight excluding hydrogens is 376 g/mol. The predicted octanol–water partition coefficient (Wildman–Crippen LogP) is 5.38. The molecule has 5 nitrogen and oxygen atoms in total. The van der Waals surface area contributed by atoms with E-state index in [2.05, 4.69) is 15.0 Å². The predicted molar refractivity (Wildman–Crippen MR) is 107 cm³/mol. The fraction of sp³-hybridized carbons (Fsp3) is 0.0455. The number of methoxy groups -OCH3 is 1. The first-order valence-electron chi connectivity index (χ1n) is 8.90. The number of aromatic amines is 3. The first-order valence-corrected chi connectivity index (χ1v) is 8.90. The quantitative estimate of drug-likeness (QED) is 0.362. The van der Waals surface area contributed by atoms with Gasteiger partial charge in [0.1, 0.15) is 17.3 Å². The summed E-state index contributed by atoms with van der Waals surface area (Å²) in [6, 6.07) is 8.88. The van der Waals surface area contributed by atoms with E-state index in [1.54, 1.807) is 30.7 Å². The molecule has 0 fully saturated rings. The van der Waals surface area contributed by atoms with Gasteiger partial charge in [-0.3, -0.25) is 0 Å². The van der Waals surface area contributed by atoms with Crippen molar-refractivity contribution in [2.75, 3.05) is 7.11 Å². The third kappa shape index (κ3) is 2.62. The normalized spacial score (nSPS) is 11.4. The van der Waals surface area contributed by atoms with Crippen LogP contribution in [0.2, 0.25) is 0 Å². The van der Waals surface area contributed by atoms with Crippen molar-refractivity contribution in [3.8, 4) is 22.3 Å². The van der Waals surface area contributed by atoms with Gasteiger partial charge in [0.15, 0.2) is 0 Å². The van der Waals surface area contributed by atoms with E-state index in [4.69, 9.17) is 4.74 Å². The third-order valence-electron chi connectivity index (χ3n) is 5.12. The average Bonchev–Trinajstić information content (AvgIpc) is 3.42. The van der Waals surface area contributed by atoms with E-state index in [9.17, 15) is 13.6 Å². The number of hydrogen-bond donors (Lipinski definition) is 3. The lowest BCUT2D eigenvalue weighted by atomic mass is 9.96. The molecule has 0 bridgehead atoms. The molecule has 0 unspecified atom stereocenters. The Morgan fingerprint density at radius 3 is 1.97 bits per heavy atom. The highest BCUT2D eigenvalue weighted by Crippen LogP contribution is 2.41. The Bertz CT molecular complexity index is 1390. The standard InChI is InChI=1S/C22H15F2N3O2/c1-29-22(28)21-20(16-9-26-19-5-3-12(24)7-14(16)19)17(10-27-21)15-8-25-18-4-2-11(23)6-13(15)18/h2-10,25-27H,1H3. The molecule has 29 heavy (non-hydrogen) atoms. The summed E-state index contributed by atoms with van der Waals surface area (Å²) in [4.78, 5) is 21.6. The van der Waals surface area contributed by atoms with Crippen LogP contribution in [-0.2, 0) is 4.74 Å². The Morgan fingerprint density at radius 2 is 1.34 bits per heavy atom. The van der Waals surface area contributed by atoms with Crippen LogP contribution in [0, 0.1) is 11.6 Å². The molecule has 0 aliphatic heterocycles. The van der Waals surface area contributed by atoms with Crippen LogP contribution in [0.3, 0.4) is 0 Å². The first-order chi connectivity index (χ1) is 14.1. The maximum absolute atomic E-state index is 13.9. The van der Waals surface area contributed by atoms with E-state index in [0.717, 1.165) is 11.0 Å². The smallest absolute Gasteiger partial charge is 0.355 e. The summed E-state index contributed by atoms with van der Waals surface area (Å²) in [6.45, 7) is 0. The first kappa shape index (κ1) is 17.2. The summed E-state index contributed by atoms with van der Waals surface area (Å²) < 4.78 is 32.7. The van der Waals surface area contributed by atoms with E-state index in [1.807, 2.05) is 0 Å². The highest BCUT2D eigenvalue weighted by molar-refractivity contribution is 6.10. The number of carbonyl (C=O) groups excluding carboxylic acids is 1. The number of fused-ring (bicyclic) bond motifs is 2. The molecule has 2 aromatic carbocycles. The minimum absolute atomic E-state index is 0.235. The summed E-state index contributed by atoms with van der Waals surface area (Å²) in [5, 5.41) is 1.30. The zero-order valence-corrected chi connectivity index (χ0v) is 15.3. The maximum atomic E-state index is 13.9. The zero-order valence-electron chi connectivity index (χ0n) is 15.3. The van der Waals surface area contributed by atoms with E-state index in [-0.39, 0.29) is 17.3 Å². The molecule has 7 heteroatoms. The van der Waals surface area contributed by atoms with Crippen molar-refractivity contribution >= 4 is 27.8 Å². The van der Waals surface area contributed by atoms with E-state index < -0.39 is 5.97 Å². The fourth-order valence-electron chi connectivity index (χ4n) is 3.79. The molecule has 3 aromatic heterocycles. The fourth-order valence-corrected chi connectivity index (χ4v) is 3.79. The zero-order chi connectivity index (χ0) is 20.1.